The molecule has 0 N–H and O–H groups in total. The molecular weight excluding hydrogens is 372 g/mol. The van der Waals surface area contributed by atoms with Crippen LogP contribution in [0.2, 0.25) is 5.02 Å². The van der Waals surface area contributed by atoms with Gasteiger partial charge in [-0.05, 0) is 36.4 Å². The van der Waals surface area contributed by atoms with Crippen molar-refractivity contribution < 1.29 is 28.6 Å². The monoisotopic (exact) mass is 390 g/mol. The SMILES string of the molecule is CCC(=O)OCC(COC(=O)c1ccccc1)OC(=O)c1ccc(Cl)cc1. The van der Waals surface area contributed by atoms with Gasteiger partial charge >= 0.3 is 17.9 Å². The maximum Gasteiger partial charge on any atom is 0.338 e. The third-order valence-electron chi connectivity index (χ3n) is 3.48. The first-order valence-corrected chi connectivity index (χ1v) is 8.71. The van der Waals surface area contributed by atoms with Crippen molar-refractivity contribution in [2.24, 2.45) is 0 Å². The molecule has 0 spiro atoms. The lowest BCUT2D eigenvalue weighted by Crippen LogP contribution is -2.30. The van der Waals surface area contributed by atoms with Crippen molar-refractivity contribution in [2.75, 3.05) is 13.2 Å². The first kappa shape index (κ1) is 20.5. The number of ether oxygens (including phenoxy) is 3. The quantitative estimate of drug-likeness (QED) is 0.505. The van der Waals surface area contributed by atoms with Crippen LogP contribution in [0.5, 0.6) is 0 Å². The van der Waals surface area contributed by atoms with Gasteiger partial charge in [-0.3, -0.25) is 4.79 Å². The van der Waals surface area contributed by atoms with E-state index < -0.39 is 24.0 Å². The van der Waals surface area contributed by atoms with Gasteiger partial charge in [0.2, 0.25) is 0 Å². The molecule has 0 radical (unpaired) electrons. The molecule has 1 atom stereocenters. The molecule has 7 heteroatoms. The molecule has 2 aromatic carbocycles. The summed E-state index contributed by atoms with van der Waals surface area (Å²) in [5.74, 6) is -1.65. The summed E-state index contributed by atoms with van der Waals surface area (Å²) >= 11 is 5.80. The van der Waals surface area contributed by atoms with E-state index in [9.17, 15) is 14.4 Å². The molecule has 0 saturated carbocycles. The van der Waals surface area contributed by atoms with E-state index >= 15 is 0 Å². The summed E-state index contributed by atoms with van der Waals surface area (Å²) in [6.45, 7) is 1.19. The van der Waals surface area contributed by atoms with E-state index in [1.165, 1.54) is 12.1 Å². The highest BCUT2D eigenvalue weighted by Gasteiger charge is 2.20. The predicted octanol–water partition coefficient (Wildman–Crippen LogP) is 3.68. The predicted molar refractivity (Wildman–Crippen MR) is 98.6 cm³/mol. The standard InChI is InChI=1S/C20H19ClO6/c1-2-18(22)25-12-17(13-26-19(23)14-6-4-3-5-7-14)27-20(24)15-8-10-16(21)11-9-15/h3-11,17H,2,12-13H2,1H3. The highest BCUT2D eigenvalue weighted by molar-refractivity contribution is 6.30. The van der Waals surface area contributed by atoms with Crippen molar-refractivity contribution in [1.82, 2.24) is 0 Å². The highest BCUT2D eigenvalue weighted by Crippen LogP contribution is 2.12. The Hall–Kier alpha value is -2.86. The van der Waals surface area contributed by atoms with Gasteiger partial charge < -0.3 is 14.2 Å². The number of benzene rings is 2. The molecule has 0 amide bonds. The number of carbonyl (C=O) groups is 3. The van der Waals surface area contributed by atoms with Crippen molar-refractivity contribution in [3.05, 3.63) is 70.7 Å². The Balaban J connectivity index is 1.99. The van der Waals surface area contributed by atoms with Crippen LogP contribution in [-0.4, -0.2) is 37.2 Å². The van der Waals surface area contributed by atoms with Crippen molar-refractivity contribution in [3.8, 4) is 0 Å². The normalized spacial score (nSPS) is 11.3. The molecule has 0 aliphatic rings. The molecule has 0 bridgehead atoms. The van der Waals surface area contributed by atoms with E-state index in [-0.39, 0.29) is 25.2 Å². The molecular formula is C20H19ClO6. The average molecular weight is 391 g/mol. The summed E-state index contributed by atoms with van der Waals surface area (Å²) in [6, 6.07) is 14.5. The van der Waals surface area contributed by atoms with Gasteiger partial charge in [0.05, 0.1) is 11.1 Å². The molecule has 2 aromatic rings. The first-order chi connectivity index (χ1) is 13.0. The Morgan fingerprint density at radius 1 is 0.852 bits per heavy atom. The van der Waals surface area contributed by atoms with E-state index in [1.807, 2.05) is 0 Å². The number of carbonyl (C=O) groups excluding carboxylic acids is 3. The Labute approximate surface area is 162 Å². The summed E-state index contributed by atoms with van der Waals surface area (Å²) in [5.41, 5.74) is 0.645. The smallest absolute Gasteiger partial charge is 0.338 e. The van der Waals surface area contributed by atoms with Crippen LogP contribution in [-0.2, 0) is 19.0 Å². The van der Waals surface area contributed by atoms with Gasteiger partial charge in [-0.25, -0.2) is 9.59 Å². The van der Waals surface area contributed by atoms with E-state index in [4.69, 9.17) is 25.8 Å². The van der Waals surface area contributed by atoms with Crippen LogP contribution in [0.1, 0.15) is 34.1 Å². The van der Waals surface area contributed by atoms with Gasteiger partial charge in [-0.15, -0.1) is 0 Å². The van der Waals surface area contributed by atoms with Crippen LogP contribution in [0.15, 0.2) is 54.6 Å². The fourth-order valence-electron chi connectivity index (χ4n) is 2.04. The van der Waals surface area contributed by atoms with Gasteiger partial charge in [0.25, 0.3) is 0 Å². The lowest BCUT2D eigenvalue weighted by molar-refractivity contribution is -0.147. The molecule has 6 nitrogen and oxygen atoms in total. The Morgan fingerprint density at radius 3 is 2.07 bits per heavy atom. The maximum atomic E-state index is 12.2. The third kappa shape index (κ3) is 6.75. The second-order valence-corrected chi connectivity index (χ2v) is 5.97. The minimum absolute atomic E-state index is 0.182. The van der Waals surface area contributed by atoms with Crippen LogP contribution in [0, 0.1) is 0 Å². The van der Waals surface area contributed by atoms with E-state index in [0.29, 0.717) is 10.6 Å². The average Bonchev–Trinajstić information content (AvgIpc) is 2.70. The summed E-state index contributed by atoms with van der Waals surface area (Å²) in [5, 5.41) is 0.483. The van der Waals surface area contributed by atoms with Gasteiger partial charge in [0, 0.05) is 11.4 Å². The van der Waals surface area contributed by atoms with Crippen molar-refractivity contribution >= 4 is 29.5 Å². The Bertz CT molecular complexity index is 773. The van der Waals surface area contributed by atoms with Gasteiger partial charge in [-0.2, -0.15) is 0 Å². The summed E-state index contributed by atoms with van der Waals surface area (Å²) in [4.78, 5) is 35.7. The molecule has 0 aliphatic heterocycles. The Morgan fingerprint density at radius 2 is 1.44 bits per heavy atom. The second-order valence-electron chi connectivity index (χ2n) is 5.54. The maximum absolute atomic E-state index is 12.2. The molecule has 0 fully saturated rings. The van der Waals surface area contributed by atoms with E-state index in [2.05, 4.69) is 0 Å². The second kappa shape index (κ2) is 10.3. The van der Waals surface area contributed by atoms with Crippen LogP contribution < -0.4 is 0 Å². The molecule has 142 valence electrons. The van der Waals surface area contributed by atoms with Crippen LogP contribution in [0.3, 0.4) is 0 Å². The molecule has 2 rings (SSSR count). The zero-order chi connectivity index (χ0) is 19.6. The van der Waals surface area contributed by atoms with Crippen LogP contribution >= 0.6 is 11.6 Å². The van der Waals surface area contributed by atoms with Crippen LogP contribution in [0.25, 0.3) is 0 Å². The number of esters is 3. The highest BCUT2D eigenvalue weighted by atomic mass is 35.5. The fraction of sp³-hybridized carbons (Fsp3) is 0.250. The van der Waals surface area contributed by atoms with E-state index in [1.54, 1.807) is 49.4 Å². The fourth-order valence-corrected chi connectivity index (χ4v) is 2.16. The molecule has 0 heterocycles. The number of hydrogen-bond acceptors (Lipinski definition) is 6. The number of hydrogen-bond donors (Lipinski definition) is 0. The molecule has 0 aliphatic carbocycles. The first-order valence-electron chi connectivity index (χ1n) is 8.34. The molecule has 1 unspecified atom stereocenters. The van der Waals surface area contributed by atoms with Gasteiger partial charge in [-0.1, -0.05) is 36.7 Å². The van der Waals surface area contributed by atoms with Crippen LogP contribution in [0.4, 0.5) is 0 Å². The van der Waals surface area contributed by atoms with E-state index in [0.717, 1.165) is 0 Å². The lowest BCUT2D eigenvalue weighted by Gasteiger charge is -2.18. The summed E-state index contributed by atoms with van der Waals surface area (Å²) in [6.07, 6.45) is -0.752. The zero-order valence-corrected chi connectivity index (χ0v) is 15.5. The Kier molecular flexibility index (Phi) is 7.82. The number of halogens is 1. The van der Waals surface area contributed by atoms with Gasteiger partial charge in [0.1, 0.15) is 13.2 Å². The van der Waals surface area contributed by atoms with Gasteiger partial charge in [0.15, 0.2) is 6.10 Å². The zero-order valence-electron chi connectivity index (χ0n) is 14.7. The lowest BCUT2D eigenvalue weighted by atomic mass is 10.2. The van der Waals surface area contributed by atoms with Crippen molar-refractivity contribution in [2.45, 2.75) is 19.4 Å². The number of rotatable bonds is 8. The topological polar surface area (TPSA) is 78.9 Å². The largest absolute Gasteiger partial charge is 0.462 e. The molecule has 0 saturated heterocycles. The van der Waals surface area contributed by atoms with Crippen molar-refractivity contribution in [1.29, 1.82) is 0 Å². The minimum atomic E-state index is -0.934. The summed E-state index contributed by atoms with van der Waals surface area (Å²) in [7, 11) is 0. The van der Waals surface area contributed by atoms with Crippen molar-refractivity contribution in [3.63, 3.8) is 0 Å². The minimum Gasteiger partial charge on any atom is -0.462 e. The third-order valence-corrected chi connectivity index (χ3v) is 3.73. The molecule has 0 aromatic heterocycles. The summed E-state index contributed by atoms with van der Waals surface area (Å²) < 4.78 is 15.5. The molecule has 27 heavy (non-hydrogen) atoms.